The molecule has 0 bridgehead atoms. The first-order valence-electron chi connectivity index (χ1n) is 6.22. The van der Waals surface area contributed by atoms with Crippen LogP contribution in [0.25, 0.3) is 0 Å². The molecule has 2 fully saturated rings. The Labute approximate surface area is 103 Å². The molecule has 100 valence electrons. The van der Waals surface area contributed by atoms with E-state index in [2.05, 4.69) is 10.0 Å². The summed E-state index contributed by atoms with van der Waals surface area (Å²) in [6.07, 6.45) is 2.09. The number of hydrogen-bond donors (Lipinski definition) is 2. The lowest BCUT2D eigenvalue weighted by Crippen LogP contribution is -2.48. The van der Waals surface area contributed by atoms with Crippen molar-refractivity contribution >= 4 is 10.2 Å². The summed E-state index contributed by atoms with van der Waals surface area (Å²) in [6.45, 7) is 4.45. The highest BCUT2D eigenvalue weighted by Gasteiger charge is 2.25. The number of rotatable bonds is 4. The van der Waals surface area contributed by atoms with Crippen molar-refractivity contribution in [3.63, 3.8) is 0 Å². The Morgan fingerprint density at radius 3 is 2.53 bits per heavy atom. The largest absolute Gasteiger partial charge is 0.379 e. The second-order valence-corrected chi connectivity index (χ2v) is 6.31. The molecular formula is C10H21N3O3S. The highest BCUT2D eigenvalue weighted by Crippen LogP contribution is 2.11. The molecule has 0 aromatic rings. The van der Waals surface area contributed by atoms with Gasteiger partial charge < -0.3 is 10.1 Å². The predicted octanol–water partition coefficient (Wildman–Crippen LogP) is -0.847. The van der Waals surface area contributed by atoms with Crippen molar-refractivity contribution < 1.29 is 13.2 Å². The standard InChI is InChI=1S/C10H21N3O3S/c14-17(15,13-5-7-16-8-6-13)12-9-10-1-3-11-4-2-10/h10-12H,1-9H2. The highest BCUT2D eigenvalue weighted by molar-refractivity contribution is 7.87. The van der Waals surface area contributed by atoms with Gasteiger partial charge in [-0.2, -0.15) is 12.7 Å². The molecule has 6 nitrogen and oxygen atoms in total. The van der Waals surface area contributed by atoms with Crippen LogP contribution in [-0.4, -0.2) is 58.7 Å². The lowest BCUT2D eigenvalue weighted by Gasteiger charge is -2.28. The molecule has 2 heterocycles. The molecule has 0 saturated carbocycles. The molecule has 2 aliphatic rings. The lowest BCUT2D eigenvalue weighted by atomic mass is 9.99. The molecule has 0 unspecified atom stereocenters. The molecule has 0 atom stereocenters. The van der Waals surface area contributed by atoms with Gasteiger partial charge in [-0.1, -0.05) is 0 Å². The molecule has 2 rings (SSSR count). The van der Waals surface area contributed by atoms with E-state index in [0.29, 0.717) is 38.8 Å². The van der Waals surface area contributed by atoms with E-state index in [0.717, 1.165) is 25.9 Å². The van der Waals surface area contributed by atoms with E-state index < -0.39 is 10.2 Å². The molecule has 17 heavy (non-hydrogen) atoms. The SMILES string of the molecule is O=S(=O)(NCC1CCNCC1)N1CCOCC1. The molecule has 0 radical (unpaired) electrons. The summed E-state index contributed by atoms with van der Waals surface area (Å²) in [7, 11) is -3.30. The second-order valence-electron chi connectivity index (χ2n) is 4.56. The van der Waals surface area contributed by atoms with Crippen molar-refractivity contribution in [3.8, 4) is 0 Å². The fourth-order valence-electron chi connectivity index (χ4n) is 2.19. The number of nitrogens with zero attached hydrogens (tertiary/aromatic N) is 1. The number of piperidine rings is 1. The van der Waals surface area contributed by atoms with Crippen molar-refractivity contribution in [2.24, 2.45) is 5.92 Å². The topological polar surface area (TPSA) is 70.7 Å². The van der Waals surface area contributed by atoms with E-state index in [1.165, 1.54) is 4.31 Å². The molecule has 0 amide bonds. The maximum atomic E-state index is 12.0. The first-order valence-corrected chi connectivity index (χ1v) is 7.66. The minimum absolute atomic E-state index is 0.460. The summed E-state index contributed by atoms with van der Waals surface area (Å²) < 4.78 is 33.3. The Morgan fingerprint density at radius 2 is 1.88 bits per heavy atom. The summed E-state index contributed by atoms with van der Waals surface area (Å²) in [4.78, 5) is 0. The first-order chi connectivity index (χ1) is 8.18. The highest BCUT2D eigenvalue weighted by atomic mass is 32.2. The van der Waals surface area contributed by atoms with E-state index in [9.17, 15) is 8.42 Å². The third-order valence-corrected chi connectivity index (χ3v) is 4.90. The van der Waals surface area contributed by atoms with Crippen molar-refractivity contribution in [1.82, 2.24) is 14.3 Å². The fraction of sp³-hybridized carbons (Fsp3) is 1.00. The summed E-state index contributed by atoms with van der Waals surface area (Å²) in [6, 6.07) is 0. The van der Waals surface area contributed by atoms with Crippen molar-refractivity contribution in [2.45, 2.75) is 12.8 Å². The van der Waals surface area contributed by atoms with Crippen LogP contribution in [0, 0.1) is 5.92 Å². The summed E-state index contributed by atoms with van der Waals surface area (Å²) in [5.41, 5.74) is 0. The van der Waals surface area contributed by atoms with Gasteiger partial charge >= 0.3 is 0 Å². The molecule has 7 heteroatoms. The number of morpholine rings is 1. The third kappa shape index (κ3) is 3.89. The molecule has 2 N–H and O–H groups in total. The zero-order valence-electron chi connectivity index (χ0n) is 10.0. The van der Waals surface area contributed by atoms with Crippen LogP contribution in [0.5, 0.6) is 0 Å². The van der Waals surface area contributed by atoms with E-state index >= 15 is 0 Å². The predicted molar refractivity (Wildman–Crippen MR) is 64.9 cm³/mol. The van der Waals surface area contributed by atoms with Crippen LogP contribution < -0.4 is 10.0 Å². The van der Waals surface area contributed by atoms with E-state index in [1.807, 2.05) is 0 Å². The van der Waals surface area contributed by atoms with Gasteiger partial charge in [0, 0.05) is 19.6 Å². The molecule has 2 aliphatic heterocycles. The normalized spacial score (nSPS) is 24.9. The van der Waals surface area contributed by atoms with E-state index in [1.54, 1.807) is 0 Å². The Kier molecular flexibility index (Phi) is 4.75. The summed E-state index contributed by atoms with van der Waals surface area (Å²) in [5.74, 6) is 0.465. The minimum Gasteiger partial charge on any atom is -0.379 e. The smallest absolute Gasteiger partial charge is 0.279 e. The first kappa shape index (κ1) is 13.2. The van der Waals surface area contributed by atoms with Gasteiger partial charge in [-0.05, 0) is 31.8 Å². The van der Waals surface area contributed by atoms with E-state index in [-0.39, 0.29) is 0 Å². The van der Waals surface area contributed by atoms with E-state index in [4.69, 9.17) is 4.74 Å². The van der Waals surface area contributed by atoms with Gasteiger partial charge in [0.15, 0.2) is 0 Å². The molecule has 2 saturated heterocycles. The van der Waals surface area contributed by atoms with Crippen molar-refractivity contribution in [1.29, 1.82) is 0 Å². The number of ether oxygens (including phenoxy) is 1. The fourth-order valence-corrected chi connectivity index (χ4v) is 3.45. The molecule has 0 aliphatic carbocycles. The molecular weight excluding hydrogens is 242 g/mol. The average Bonchev–Trinajstić information content (AvgIpc) is 2.39. The Bertz CT molecular complexity index is 322. The third-order valence-electron chi connectivity index (χ3n) is 3.32. The van der Waals surface area contributed by atoms with Crippen LogP contribution >= 0.6 is 0 Å². The van der Waals surface area contributed by atoms with Crippen LogP contribution in [0.1, 0.15) is 12.8 Å². The zero-order chi connectivity index (χ0) is 12.1. The van der Waals surface area contributed by atoms with Crippen molar-refractivity contribution in [2.75, 3.05) is 45.9 Å². The van der Waals surface area contributed by atoms with Gasteiger partial charge in [-0.3, -0.25) is 0 Å². The van der Waals surface area contributed by atoms with Crippen LogP contribution in [0.4, 0.5) is 0 Å². The van der Waals surface area contributed by atoms with Gasteiger partial charge in [0.2, 0.25) is 0 Å². The Hall–Kier alpha value is -0.210. The molecule has 0 spiro atoms. The summed E-state index contributed by atoms with van der Waals surface area (Å²) in [5, 5.41) is 3.27. The molecule has 0 aromatic carbocycles. The quantitative estimate of drug-likeness (QED) is 0.693. The van der Waals surface area contributed by atoms with Crippen molar-refractivity contribution in [3.05, 3.63) is 0 Å². The summed E-state index contributed by atoms with van der Waals surface area (Å²) >= 11 is 0. The number of nitrogens with one attached hydrogen (secondary N) is 2. The maximum Gasteiger partial charge on any atom is 0.279 e. The van der Waals surface area contributed by atoms with Gasteiger partial charge in [0.05, 0.1) is 13.2 Å². The van der Waals surface area contributed by atoms with Crippen LogP contribution in [0.15, 0.2) is 0 Å². The minimum atomic E-state index is -3.30. The van der Waals surface area contributed by atoms with Gasteiger partial charge in [0.25, 0.3) is 10.2 Å². The Balaban J connectivity index is 1.79. The second kappa shape index (κ2) is 6.10. The van der Waals surface area contributed by atoms with Crippen LogP contribution in [-0.2, 0) is 14.9 Å². The lowest BCUT2D eigenvalue weighted by molar-refractivity contribution is 0.0724. The maximum absolute atomic E-state index is 12.0. The monoisotopic (exact) mass is 263 g/mol. The Morgan fingerprint density at radius 1 is 1.24 bits per heavy atom. The van der Waals surface area contributed by atoms with Gasteiger partial charge in [-0.25, -0.2) is 4.72 Å². The average molecular weight is 263 g/mol. The molecule has 0 aromatic heterocycles. The van der Waals surface area contributed by atoms with Crippen LogP contribution in [0.3, 0.4) is 0 Å². The van der Waals surface area contributed by atoms with Crippen LogP contribution in [0.2, 0.25) is 0 Å². The van der Waals surface area contributed by atoms with Gasteiger partial charge in [0.1, 0.15) is 0 Å². The zero-order valence-corrected chi connectivity index (χ0v) is 10.8. The number of hydrogen-bond acceptors (Lipinski definition) is 4. The van der Waals surface area contributed by atoms with Gasteiger partial charge in [-0.15, -0.1) is 0 Å².